The summed E-state index contributed by atoms with van der Waals surface area (Å²) in [7, 11) is 0. The normalized spacial score (nSPS) is 10.4. The highest BCUT2D eigenvalue weighted by Gasteiger charge is 2.13. The van der Waals surface area contributed by atoms with Crippen LogP contribution < -0.4 is 4.74 Å². The van der Waals surface area contributed by atoms with Crippen LogP contribution in [0.1, 0.15) is 21.5 Å². The van der Waals surface area contributed by atoms with Gasteiger partial charge in [-0.3, -0.25) is 0 Å². The molecule has 0 aliphatic carbocycles. The van der Waals surface area contributed by atoms with Crippen molar-refractivity contribution in [3.63, 3.8) is 0 Å². The van der Waals surface area contributed by atoms with Crippen molar-refractivity contribution in [3.05, 3.63) is 64.7 Å². The minimum atomic E-state index is -1.06. The van der Waals surface area contributed by atoms with Gasteiger partial charge < -0.3 is 14.9 Å². The standard InChI is InChI=1S/C15H12F2O4/c16-12-5-10(7-18)6-13(17)14(12)21-8-9-1-3-11(4-2-9)15(19)20/h1-6,18H,7-8H2,(H,19,20). The number of hydrogen-bond donors (Lipinski definition) is 2. The van der Waals surface area contributed by atoms with Crippen LogP contribution in [0.2, 0.25) is 0 Å². The van der Waals surface area contributed by atoms with Gasteiger partial charge >= 0.3 is 5.97 Å². The molecule has 6 heteroatoms. The van der Waals surface area contributed by atoms with Gasteiger partial charge in [0.25, 0.3) is 0 Å². The summed E-state index contributed by atoms with van der Waals surface area (Å²) in [6.07, 6.45) is 0. The fourth-order valence-electron chi connectivity index (χ4n) is 1.74. The van der Waals surface area contributed by atoms with Crippen molar-refractivity contribution in [1.29, 1.82) is 0 Å². The number of ether oxygens (including phenoxy) is 1. The number of benzene rings is 2. The van der Waals surface area contributed by atoms with Crippen molar-refractivity contribution in [2.75, 3.05) is 0 Å². The average molecular weight is 294 g/mol. The highest BCUT2D eigenvalue weighted by Crippen LogP contribution is 2.24. The monoisotopic (exact) mass is 294 g/mol. The van der Waals surface area contributed by atoms with Crippen molar-refractivity contribution in [1.82, 2.24) is 0 Å². The second kappa shape index (κ2) is 6.32. The van der Waals surface area contributed by atoms with Crippen LogP contribution in [0, 0.1) is 11.6 Å². The van der Waals surface area contributed by atoms with Gasteiger partial charge in [-0.25, -0.2) is 13.6 Å². The number of carbonyl (C=O) groups is 1. The predicted molar refractivity (Wildman–Crippen MR) is 70.0 cm³/mol. The molecule has 0 unspecified atom stereocenters. The molecule has 2 aromatic carbocycles. The molecule has 0 amide bonds. The molecule has 0 aliphatic heterocycles. The number of rotatable bonds is 5. The molecule has 0 aliphatic rings. The minimum absolute atomic E-state index is 0.105. The highest BCUT2D eigenvalue weighted by molar-refractivity contribution is 5.87. The van der Waals surface area contributed by atoms with Crippen molar-refractivity contribution >= 4 is 5.97 Å². The van der Waals surface area contributed by atoms with Crippen LogP contribution in [0.5, 0.6) is 5.75 Å². The number of aromatic carboxylic acids is 1. The summed E-state index contributed by atoms with van der Waals surface area (Å²) in [5, 5.41) is 17.6. The zero-order chi connectivity index (χ0) is 15.4. The van der Waals surface area contributed by atoms with E-state index in [1.54, 1.807) is 0 Å². The van der Waals surface area contributed by atoms with Crippen LogP contribution in [-0.4, -0.2) is 16.2 Å². The summed E-state index contributed by atoms with van der Waals surface area (Å²) >= 11 is 0. The molecule has 0 spiro atoms. The summed E-state index contributed by atoms with van der Waals surface area (Å²) in [6, 6.07) is 7.74. The lowest BCUT2D eigenvalue weighted by Crippen LogP contribution is -2.02. The molecular formula is C15H12F2O4. The molecule has 21 heavy (non-hydrogen) atoms. The molecule has 2 N–H and O–H groups in total. The Labute approximate surface area is 119 Å². The molecule has 0 bridgehead atoms. The maximum atomic E-state index is 13.6. The number of carboxylic acids is 1. The SMILES string of the molecule is O=C(O)c1ccc(COc2c(F)cc(CO)cc2F)cc1. The first-order chi connectivity index (χ1) is 10.0. The lowest BCUT2D eigenvalue weighted by molar-refractivity contribution is 0.0697. The van der Waals surface area contributed by atoms with Gasteiger partial charge in [-0.1, -0.05) is 12.1 Å². The van der Waals surface area contributed by atoms with E-state index in [0.717, 1.165) is 12.1 Å². The Morgan fingerprint density at radius 2 is 1.62 bits per heavy atom. The maximum absolute atomic E-state index is 13.6. The Morgan fingerprint density at radius 3 is 2.10 bits per heavy atom. The zero-order valence-electron chi connectivity index (χ0n) is 10.8. The Kier molecular flexibility index (Phi) is 4.49. The van der Waals surface area contributed by atoms with Crippen molar-refractivity contribution in [2.45, 2.75) is 13.2 Å². The largest absolute Gasteiger partial charge is 0.483 e. The molecule has 110 valence electrons. The van der Waals surface area contributed by atoms with Gasteiger partial charge in [-0.2, -0.15) is 0 Å². The van der Waals surface area contributed by atoms with Crippen molar-refractivity contribution in [3.8, 4) is 5.75 Å². The van der Waals surface area contributed by atoms with Crippen LogP contribution >= 0.6 is 0 Å². The molecule has 2 rings (SSSR count). The lowest BCUT2D eigenvalue weighted by Gasteiger charge is -2.10. The van der Waals surface area contributed by atoms with Gasteiger partial charge in [-0.15, -0.1) is 0 Å². The van der Waals surface area contributed by atoms with Gasteiger partial charge in [0, 0.05) is 0 Å². The second-order valence-corrected chi connectivity index (χ2v) is 4.34. The van der Waals surface area contributed by atoms with Gasteiger partial charge in [0.1, 0.15) is 6.61 Å². The van der Waals surface area contributed by atoms with Gasteiger partial charge in [0.2, 0.25) is 0 Å². The molecule has 0 fully saturated rings. The fourth-order valence-corrected chi connectivity index (χ4v) is 1.74. The summed E-state index contributed by atoms with van der Waals surface area (Å²) in [5.74, 6) is -3.39. The highest BCUT2D eigenvalue weighted by atomic mass is 19.1. The lowest BCUT2D eigenvalue weighted by atomic mass is 10.1. The topological polar surface area (TPSA) is 66.8 Å². The van der Waals surface area contributed by atoms with E-state index in [1.807, 2.05) is 0 Å². The predicted octanol–water partition coefficient (Wildman–Crippen LogP) is 2.73. The van der Waals surface area contributed by atoms with Gasteiger partial charge in [0.15, 0.2) is 17.4 Å². The van der Waals surface area contributed by atoms with Crippen LogP contribution in [0.4, 0.5) is 8.78 Å². The van der Waals surface area contributed by atoms with Crippen LogP contribution in [0.25, 0.3) is 0 Å². The number of halogens is 2. The third-order valence-corrected chi connectivity index (χ3v) is 2.82. The van der Waals surface area contributed by atoms with E-state index in [2.05, 4.69) is 0 Å². The van der Waals surface area contributed by atoms with E-state index in [9.17, 15) is 13.6 Å². The first-order valence-corrected chi connectivity index (χ1v) is 6.05. The van der Waals surface area contributed by atoms with E-state index >= 15 is 0 Å². The molecule has 0 heterocycles. The Balaban J connectivity index is 2.11. The van der Waals surface area contributed by atoms with E-state index in [1.165, 1.54) is 24.3 Å². The number of hydrogen-bond acceptors (Lipinski definition) is 3. The maximum Gasteiger partial charge on any atom is 0.335 e. The molecule has 0 aromatic heterocycles. The molecule has 0 atom stereocenters. The summed E-state index contributed by atoms with van der Waals surface area (Å²) in [5.41, 5.74) is 0.802. The number of aliphatic hydroxyl groups is 1. The molecule has 0 saturated heterocycles. The van der Waals surface area contributed by atoms with Gasteiger partial charge in [-0.05, 0) is 35.4 Å². The Bertz CT molecular complexity index is 630. The second-order valence-electron chi connectivity index (χ2n) is 4.34. The third kappa shape index (κ3) is 3.55. The summed E-state index contributed by atoms with van der Waals surface area (Å²) < 4.78 is 32.3. The quantitative estimate of drug-likeness (QED) is 0.890. The van der Waals surface area contributed by atoms with Crippen molar-refractivity contribution in [2.24, 2.45) is 0 Å². The van der Waals surface area contributed by atoms with E-state index < -0.39 is 30.0 Å². The van der Waals surface area contributed by atoms with Crippen LogP contribution in [0.3, 0.4) is 0 Å². The Hall–Kier alpha value is -2.47. The fraction of sp³-hybridized carbons (Fsp3) is 0.133. The van der Waals surface area contributed by atoms with Crippen LogP contribution in [0.15, 0.2) is 36.4 Å². The number of carboxylic acid groups (broad SMARTS) is 1. The first kappa shape index (κ1) is 14.9. The zero-order valence-corrected chi connectivity index (χ0v) is 10.8. The minimum Gasteiger partial charge on any atom is -0.483 e. The molecule has 0 radical (unpaired) electrons. The molecule has 0 saturated carbocycles. The van der Waals surface area contributed by atoms with E-state index in [0.29, 0.717) is 5.56 Å². The molecule has 2 aromatic rings. The van der Waals surface area contributed by atoms with Crippen LogP contribution in [-0.2, 0) is 13.2 Å². The van der Waals surface area contributed by atoms with E-state index in [-0.39, 0.29) is 17.7 Å². The van der Waals surface area contributed by atoms with E-state index in [4.69, 9.17) is 14.9 Å². The molecule has 4 nitrogen and oxygen atoms in total. The summed E-state index contributed by atoms with van der Waals surface area (Å²) in [6.45, 7) is -0.572. The van der Waals surface area contributed by atoms with Crippen molar-refractivity contribution < 1.29 is 28.5 Å². The molecular weight excluding hydrogens is 282 g/mol. The number of aliphatic hydroxyl groups excluding tert-OH is 1. The Morgan fingerprint density at radius 1 is 1.05 bits per heavy atom. The third-order valence-electron chi connectivity index (χ3n) is 2.82. The first-order valence-electron chi connectivity index (χ1n) is 6.05. The smallest absolute Gasteiger partial charge is 0.335 e. The van der Waals surface area contributed by atoms with Gasteiger partial charge in [0.05, 0.1) is 12.2 Å². The summed E-state index contributed by atoms with van der Waals surface area (Å²) in [4.78, 5) is 10.7. The average Bonchev–Trinajstić information content (AvgIpc) is 2.46.